The van der Waals surface area contributed by atoms with Crippen LogP contribution in [-0.4, -0.2) is 43.7 Å². The van der Waals surface area contributed by atoms with E-state index in [1.54, 1.807) is 12.1 Å². The first-order valence-electron chi connectivity index (χ1n) is 9.90. The zero-order valence-corrected chi connectivity index (χ0v) is 16.1. The van der Waals surface area contributed by atoms with Crippen molar-refractivity contribution >= 4 is 17.3 Å². The lowest BCUT2D eigenvalue weighted by atomic mass is 10.1. The van der Waals surface area contributed by atoms with Gasteiger partial charge in [0.1, 0.15) is 5.75 Å². The van der Waals surface area contributed by atoms with E-state index >= 15 is 0 Å². The van der Waals surface area contributed by atoms with Gasteiger partial charge < -0.3 is 20.2 Å². The Morgan fingerprint density at radius 3 is 2.37 bits per heavy atom. The topological polar surface area (TPSA) is 57.0 Å². The van der Waals surface area contributed by atoms with E-state index in [9.17, 15) is 9.90 Å². The number of amides is 1. The number of carbonyl (C=O) groups excluding carboxylic acids is 1. The first-order chi connectivity index (χ1) is 13.1. The van der Waals surface area contributed by atoms with E-state index in [1.807, 2.05) is 24.3 Å². The first-order valence-corrected chi connectivity index (χ1v) is 9.90. The van der Waals surface area contributed by atoms with Crippen molar-refractivity contribution in [2.45, 2.75) is 26.2 Å². The van der Waals surface area contributed by atoms with E-state index in [1.165, 1.54) is 23.3 Å². The van der Waals surface area contributed by atoms with Crippen LogP contribution in [0.3, 0.4) is 0 Å². The van der Waals surface area contributed by atoms with Crippen molar-refractivity contribution in [2.75, 3.05) is 42.9 Å². The Balaban J connectivity index is 1.43. The Morgan fingerprint density at radius 2 is 1.74 bits per heavy atom. The molecule has 1 heterocycles. The number of nitrogens with zero attached hydrogens (tertiary/aromatic N) is 1. The smallest absolute Gasteiger partial charge is 0.279 e. The number of unbranched alkanes of at least 4 members (excludes halogenated alkanes) is 1. The molecule has 0 saturated carbocycles. The Hall–Kier alpha value is -2.53. The molecule has 144 valence electrons. The Labute approximate surface area is 161 Å². The molecule has 2 aromatic carbocycles. The van der Waals surface area contributed by atoms with E-state index in [0.717, 1.165) is 44.0 Å². The van der Waals surface area contributed by atoms with Crippen molar-refractivity contribution in [1.82, 2.24) is 0 Å². The molecule has 0 aromatic heterocycles. The van der Waals surface area contributed by atoms with Crippen LogP contribution in [0.25, 0.3) is 0 Å². The number of nitrogens with one attached hydrogen (secondary N) is 2. The lowest BCUT2D eigenvalue weighted by Gasteiger charge is -2.33. The monoisotopic (exact) mass is 368 g/mol. The summed E-state index contributed by atoms with van der Waals surface area (Å²) in [4.78, 5) is 16.0. The number of benzene rings is 2. The molecule has 2 aromatic rings. The van der Waals surface area contributed by atoms with Crippen LogP contribution in [0.4, 0.5) is 11.4 Å². The van der Waals surface area contributed by atoms with Gasteiger partial charge >= 0.3 is 0 Å². The molecule has 1 aliphatic heterocycles. The van der Waals surface area contributed by atoms with Gasteiger partial charge in [-0.25, -0.2) is 0 Å². The quantitative estimate of drug-likeness (QED) is 0.701. The maximum atomic E-state index is 12.4. The molecule has 5 heteroatoms. The number of hydrogen-bond donors (Lipinski definition) is 3. The summed E-state index contributed by atoms with van der Waals surface area (Å²) in [5, 5.41) is 12.4. The maximum absolute atomic E-state index is 12.4. The molecule has 0 bridgehead atoms. The fraction of sp³-hybridized carbons (Fsp3) is 0.409. The number of phenols is 1. The second kappa shape index (κ2) is 9.42. The van der Waals surface area contributed by atoms with Crippen LogP contribution in [0.2, 0.25) is 0 Å². The SMILES string of the molecule is CCCCc1ccc(NC(=O)C[NH+]2CCN(c3ccc(O)cc3)CC2)cc1. The van der Waals surface area contributed by atoms with Crippen molar-refractivity contribution in [3.63, 3.8) is 0 Å². The van der Waals surface area contributed by atoms with Gasteiger partial charge in [0, 0.05) is 11.4 Å². The molecule has 1 fully saturated rings. The predicted octanol–water partition coefficient (Wildman–Crippen LogP) is 2.08. The number of rotatable bonds is 7. The number of piperazine rings is 1. The maximum Gasteiger partial charge on any atom is 0.279 e. The second-order valence-electron chi connectivity index (χ2n) is 7.28. The minimum atomic E-state index is 0.0735. The van der Waals surface area contributed by atoms with Gasteiger partial charge in [-0.1, -0.05) is 25.5 Å². The third-order valence-corrected chi connectivity index (χ3v) is 5.15. The minimum absolute atomic E-state index is 0.0735. The van der Waals surface area contributed by atoms with E-state index < -0.39 is 0 Å². The molecular formula is C22H30N3O2+. The van der Waals surface area contributed by atoms with E-state index in [0.29, 0.717) is 6.54 Å². The molecule has 1 saturated heterocycles. The molecule has 0 spiro atoms. The van der Waals surface area contributed by atoms with Gasteiger partial charge in [-0.05, 0) is 54.8 Å². The number of aromatic hydroxyl groups is 1. The van der Waals surface area contributed by atoms with Gasteiger partial charge in [-0.2, -0.15) is 0 Å². The summed E-state index contributed by atoms with van der Waals surface area (Å²) in [6, 6.07) is 15.5. The highest BCUT2D eigenvalue weighted by Gasteiger charge is 2.22. The average molecular weight is 369 g/mol. The van der Waals surface area contributed by atoms with Crippen LogP contribution in [-0.2, 0) is 11.2 Å². The van der Waals surface area contributed by atoms with Crippen molar-refractivity contribution in [3.8, 4) is 5.75 Å². The fourth-order valence-electron chi connectivity index (χ4n) is 3.49. The summed E-state index contributed by atoms with van der Waals surface area (Å²) in [5.74, 6) is 0.363. The standard InChI is InChI=1S/C22H29N3O2/c1-2-3-4-18-5-7-19(8-6-18)23-22(27)17-24-13-15-25(16-14-24)20-9-11-21(26)12-10-20/h5-12,26H,2-4,13-17H2,1H3,(H,23,27)/p+1. The molecule has 1 aliphatic rings. The predicted molar refractivity (Wildman–Crippen MR) is 110 cm³/mol. The summed E-state index contributed by atoms with van der Waals surface area (Å²) in [6.45, 7) is 6.40. The number of aryl methyl sites for hydroxylation is 1. The molecule has 3 N–H and O–H groups in total. The normalized spacial score (nSPS) is 14.9. The van der Waals surface area contributed by atoms with Crippen molar-refractivity contribution < 1.29 is 14.8 Å². The van der Waals surface area contributed by atoms with Crippen LogP contribution in [0.5, 0.6) is 5.75 Å². The Kier molecular flexibility index (Phi) is 6.71. The third kappa shape index (κ3) is 5.73. The highest BCUT2D eigenvalue weighted by Crippen LogP contribution is 2.18. The highest BCUT2D eigenvalue weighted by molar-refractivity contribution is 5.91. The number of phenolic OH excluding ortho intramolecular Hbond substituents is 1. The zero-order chi connectivity index (χ0) is 19.1. The van der Waals surface area contributed by atoms with Gasteiger partial charge in [-0.15, -0.1) is 0 Å². The van der Waals surface area contributed by atoms with Crippen LogP contribution < -0.4 is 15.1 Å². The van der Waals surface area contributed by atoms with Gasteiger partial charge in [0.25, 0.3) is 5.91 Å². The van der Waals surface area contributed by atoms with E-state index in [-0.39, 0.29) is 11.7 Å². The number of hydrogen-bond acceptors (Lipinski definition) is 3. The lowest BCUT2D eigenvalue weighted by molar-refractivity contribution is -0.892. The van der Waals surface area contributed by atoms with Crippen LogP contribution in [0, 0.1) is 0 Å². The first kappa shape index (κ1) is 19.2. The molecule has 3 rings (SSSR count). The van der Waals surface area contributed by atoms with E-state index in [4.69, 9.17) is 0 Å². The molecule has 0 aliphatic carbocycles. The molecule has 5 nitrogen and oxygen atoms in total. The fourth-order valence-corrected chi connectivity index (χ4v) is 3.49. The summed E-state index contributed by atoms with van der Waals surface area (Å²) in [6.07, 6.45) is 3.49. The average Bonchev–Trinajstić information content (AvgIpc) is 2.69. The molecule has 0 radical (unpaired) electrons. The van der Waals surface area contributed by atoms with Crippen LogP contribution in [0.1, 0.15) is 25.3 Å². The molecule has 0 unspecified atom stereocenters. The third-order valence-electron chi connectivity index (χ3n) is 5.15. The van der Waals surface area contributed by atoms with Crippen molar-refractivity contribution in [3.05, 3.63) is 54.1 Å². The zero-order valence-electron chi connectivity index (χ0n) is 16.1. The molecule has 27 heavy (non-hydrogen) atoms. The van der Waals surface area contributed by atoms with Crippen LogP contribution >= 0.6 is 0 Å². The number of quaternary nitrogens is 1. The van der Waals surface area contributed by atoms with E-state index in [2.05, 4.69) is 29.3 Å². The summed E-state index contributed by atoms with van der Waals surface area (Å²) in [7, 11) is 0. The second-order valence-corrected chi connectivity index (χ2v) is 7.28. The van der Waals surface area contributed by atoms with Gasteiger partial charge in [0.15, 0.2) is 6.54 Å². The summed E-state index contributed by atoms with van der Waals surface area (Å²) < 4.78 is 0. The van der Waals surface area contributed by atoms with Gasteiger partial charge in [0.05, 0.1) is 26.2 Å². The molecule has 0 atom stereocenters. The van der Waals surface area contributed by atoms with Gasteiger partial charge in [0.2, 0.25) is 0 Å². The van der Waals surface area contributed by atoms with Crippen molar-refractivity contribution in [2.24, 2.45) is 0 Å². The minimum Gasteiger partial charge on any atom is -0.508 e. The number of carbonyl (C=O) groups is 1. The summed E-state index contributed by atoms with van der Waals surface area (Å²) in [5.41, 5.74) is 3.33. The largest absolute Gasteiger partial charge is 0.508 e. The highest BCUT2D eigenvalue weighted by atomic mass is 16.3. The lowest BCUT2D eigenvalue weighted by Crippen LogP contribution is -3.15. The Bertz CT molecular complexity index is 720. The number of anilines is 2. The van der Waals surface area contributed by atoms with Crippen molar-refractivity contribution in [1.29, 1.82) is 0 Å². The van der Waals surface area contributed by atoms with Crippen LogP contribution in [0.15, 0.2) is 48.5 Å². The molecular weight excluding hydrogens is 338 g/mol. The molecule has 1 amide bonds. The van der Waals surface area contributed by atoms with Gasteiger partial charge in [-0.3, -0.25) is 4.79 Å². The summed E-state index contributed by atoms with van der Waals surface area (Å²) >= 11 is 0. The Morgan fingerprint density at radius 1 is 1.07 bits per heavy atom.